The van der Waals surface area contributed by atoms with Crippen molar-refractivity contribution in [2.75, 3.05) is 5.88 Å². The van der Waals surface area contributed by atoms with Gasteiger partial charge in [0.25, 0.3) is 0 Å². The molecule has 0 aliphatic rings. The van der Waals surface area contributed by atoms with Crippen LogP contribution in [0.25, 0.3) is 11.2 Å². The Morgan fingerprint density at radius 2 is 2.18 bits per heavy atom. The highest BCUT2D eigenvalue weighted by Crippen LogP contribution is 2.21. The van der Waals surface area contributed by atoms with E-state index in [1.54, 1.807) is 6.92 Å². The van der Waals surface area contributed by atoms with E-state index in [2.05, 4.69) is 19.9 Å². The summed E-state index contributed by atoms with van der Waals surface area (Å²) in [4.78, 5) is 14.4. The van der Waals surface area contributed by atoms with Gasteiger partial charge in [-0.15, -0.1) is 11.6 Å². The number of H-pyrrole nitrogens is 1. The number of nitrogens with zero attached hydrogens (tertiary/aromatic N) is 3. The van der Waals surface area contributed by atoms with Gasteiger partial charge in [0.05, 0.1) is 11.6 Å². The molecule has 92 valence electrons. The van der Waals surface area contributed by atoms with Crippen molar-refractivity contribution >= 4 is 32.6 Å². The summed E-state index contributed by atoms with van der Waals surface area (Å²) in [5.74, 6) is 0.289. The van der Waals surface area contributed by atoms with Gasteiger partial charge in [-0.25, -0.2) is 23.4 Å². The third kappa shape index (κ3) is 2.12. The quantitative estimate of drug-likeness (QED) is 0.667. The fraction of sp³-hybridized carbons (Fsp3) is 0.444. The molecule has 2 aromatic rings. The Hall–Kier alpha value is -1.21. The van der Waals surface area contributed by atoms with Crippen LogP contribution in [0.1, 0.15) is 13.3 Å². The zero-order chi connectivity index (χ0) is 12.5. The second kappa shape index (κ2) is 4.58. The maximum absolute atomic E-state index is 12.2. The molecule has 0 spiro atoms. The average molecular weight is 275 g/mol. The Bertz CT molecular complexity index is 625. The molecule has 0 aromatic carbocycles. The topological polar surface area (TPSA) is 88.6 Å². The van der Waals surface area contributed by atoms with E-state index in [0.29, 0.717) is 17.6 Å². The van der Waals surface area contributed by atoms with Crippen molar-refractivity contribution in [2.24, 2.45) is 0 Å². The monoisotopic (exact) mass is 274 g/mol. The molecule has 1 N–H and O–H groups in total. The summed E-state index contributed by atoms with van der Waals surface area (Å²) >= 11 is 5.57. The fourth-order valence-electron chi connectivity index (χ4n) is 1.46. The summed E-state index contributed by atoms with van der Waals surface area (Å²) in [5.41, 5.74) is 0.686. The van der Waals surface area contributed by atoms with Crippen LogP contribution in [-0.4, -0.2) is 39.5 Å². The van der Waals surface area contributed by atoms with Crippen LogP contribution in [0.15, 0.2) is 17.7 Å². The van der Waals surface area contributed by atoms with Crippen LogP contribution >= 0.6 is 11.6 Å². The van der Waals surface area contributed by atoms with E-state index in [1.165, 1.54) is 12.7 Å². The smallest absolute Gasteiger partial charge is 0.200 e. The standard InChI is InChI=1S/C9H11ClN4O2S/c1-6(2-3-10)17(15,16)9-7-8(12-4-11-7)13-5-14-9/h4-6H,2-3H2,1H3,(H,11,12,13,14). The summed E-state index contributed by atoms with van der Waals surface area (Å²) in [6, 6.07) is 0. The normalized spacial score (nSPS) is 14.0. The molecule has 0 fully saturated rings. The van der Waals surface area contributed by atoms with E-state index in [4.69, 9.17) is 11.6 Å². The van der Waals surface area contributed by atoms with Gasteiger partial charge in [0.2, 0.25) is 9.84 Å². The number of hydrogen-bond donors (Lipinski definition) is 1. The molecular formula is C9H11ClN4O2S. The van der Waals surface area contributed by atoms with E-state index in [-0.39, 0.29) is 10.9 Å². The second-order valence-electron chi connectivity index (χ2n) is 3.61. The van der Waals surface area contributed by atoms with E-state index in [1.807, 2.05) is 0 Å². The molecule has 0 aliphatic heterocycles. The molecule has 2 heterocycles. The van der Waals surface area contributed by atoms with Gasteiger partial charge in [-0.3, -0.25) is 0 Å². The van der Waals surface area contributed by atoms with Gasteiger partial charge in [-0.05, 0) is 13.3 Å². The van der Waals surface area contributed by atoms with Crippen molar-refractivity contribution in [1.82, 2.24) is 19.9 Å². The van der Waals surface area contributed by atoms with Crippen LogP contribution in [0.4, 0.5) is 0 Å². The Labute approximate surface area is 103 Å². The molecule has 0 amide bonds. The number of nitrogens with one attached hydrogen (secondary N) is 1. The first kappa shape index (κ1) is 12.3. The minimum absolute atomic E-state index is 0.0161. The van der Waals surface area contributed by atoms with Gasteiger partial charge >= 0.3 is 0 Å². The second-order valence-corrected chi connectivity index (χ2v) is 6.27. The van der Waals surface area contributed by atoms with Crippen molar-refractivity contribution in [1.29, 1.82) is 0 Å². The molecule has 0 saturated carbocycles. The number of alkyl halides is 1. The zero-order valence-electron chi connectivity index (χ0n) is 9.09. The number of imidazole rings is 1. The summed E-state index contributed by atoms with van der Waals surface area (Å²) in [6.45, 7) is 1.61. The third-order valence-electron chi connectivity index (χ3n) is 2.50. The van der Waals surface area contributed by atoms with Crippen molar-refractivity contribution in [2.45, 2.75) is 23.6 Å². The lowest BCUT2D eigenvalue weighted by Gasteiger charge is -2.10. The first-order valence-corrected chi connectivity index (χ1v) is 7.09. The SMILES string of the molecule is CC(CCCl)S(=O)(=O)c1ncnc2nc[nH]c12. The molecule has 0 aliphatic carbocycles. The molecule has 1 atom stereocenters. The van der Waals surface area contributed by atoms with Crippen molar-refractivity contribution in [3.63, 3.8) is 0 Å². The van der Waals surface area contributed by atoms with E-state index in [9.17, 15) is 8.42 Å². The lowest BCUT2D eigenvalue weighted by Crippen LogP contribution is -2.20. The fourth-order valence-corrected chi connectivity index (χ4v) is 3.35. The van der Waals surface area contributed by atoms with Gasteiger partial charge in [-0.1, -0.05) is 0 Å². The minimum Gasteiger partial charge on any atom is -0.341 e. The van der Waals surface area contributed by atoms with Crippen LogP contribution in [0.5, 0.6) is 0 Å². The summed E-state index contributed by atoms with van der Waals surface area (Å²) in [7, 11) is -3.50. The van der Waals surface area contributed by atoms with Crippen LogP contribution < -0.4 is 0 Å². The Morgan fingerprint density at radius 1 is 1.41 bits per heavy atom. The highest BCUT2D eigenvalue weighted by Gasteiger charge is 2.27. The van der Waals surface area contributed by atoms with Gasteiger partial charge in [0, 0.05) is 5.88 Å². The minimum atomic E-state index is -3.50. The van der Waals surface area contributed by atoms with Crippen molar-refractivity contribution in [3.8, 4) is 0 Å². The number of aromatic amines is 1. The number of aromatic nitrogens is 4. The molecule has 8 heteroatoms. The number of fused-ring (bicyclic) bond motifs is 1. The highest BCUT2D eigenvalue weighted by atomic mass is 35.5. The van der Waals surface area contributed by atoms with Crippen LogP contribution in [0, 0.1) is 0 Å². The molecule has 0 radical (unpaired) electrons. The maximum atomic E-state index is 12.2. The predicted octanol–water partition coefficient (Wildman–Crippen LogP) is 1.14. The summed E-state index contributed by atoms with van der Waals surface area (Å²) in [5, 5.41) is -0.598. The van der Waals surface area contributed by atoms with Crippen LogP contribution in [-0.2, 0) is 9.84 Å². The van der Waals surface area contributed by atoms with E-state index < -0.39 is 15.1 Å². The molecule has 6 nitrogen and oxygen atoms in total. The molecule has 0 saturated heterocycles. The molecule has 0 bridgehead atoms. The van der Waals surface area contributed by atoms with Crippen molar-refractivity contribution < 1.29 is 8.42 Å². The first-order chi connectivity index (χ1) is 8.07. The third-order valence-corrected chi connectivity index (χ3v) is 4.86. The van der Waals surface area contributed by atoms with Gasteiger partial charge in [0.1, 0.15) is 11.8 Å². The average Bonchev–Trinajstić information content (AvgIpc) is 2.76. The zero-order valence-corrected chi connectivity index (χ0v) is 10.7. The predicted molar refractivity (Wildman–Crippen MR) is 63.7 cm³/mol. The molecule has 17 heavy (non-hydrogen) atoms. The highest BCUT2D eigenvalue weighted by molar-refractivity contribution is 7.92. The molecule has 2 rings (SSSR count). The van der Waals surface area contributed by atoms with Gasteiger partial charge in [-0.2, -0.15) is 0 Å². The largest absolute Gasteiger partial charge is 0.341 e. The number of halogens is 1. The van der Waals surface area contributed by atoms with Gasteiger partial charge < -0.3 is 4.98 Å². The number of hydrogen-bond acceptors (Lipinski definition) is 5. The Kier molecular flexibility index (Phi) is 3.30. The van der Waals surface area contributed by atoms with E-state index in [0.717, 1.165) is 0 Å². The lowest BCUT2D eigenvalue weighted by molar-refractivity contribution is 0.578. The lowest BCUT2D eigenvalue weighted by atomic mass is 10.4. The summed E-state index contributed by atoms with van der Waals surface area (Å²) < 4.78 is 24.5. The van der Waals surface area contributed by atoms with Crippen molar-refractivity contribution in [3.05, 3.63) is 12.7 Å². The van der Waals surface area contributed by atoms with E-state index >= 15 is 0 Å². The first-order valence-electron chi connectivity index (χ1n) is 5.01. The van der Waals surface area contributed by atoms with Crippen LogP contribution in [0.2, 0.25) is 0 Å². The van der Waals surface area contributed by atoms with Crippen LogP contribution in [0.3, 0.4) is 0 Å². The molecular weight excluding hydrogens is 264 g/mol. The summed E-state index contributed by atoms with van der Waals surface area (Å²) in [6.07, 6.45) is 2.97. The molecule has 1 unspecified atom stereocenters. The maximum Gasteiger partial charge on any atom is 0.200 e. The Balaban J connectivity index is 2.56. The van der Waals surface area contributed by atoms with Gasteiger partial charge in [0.15, 0.2) is 10.7 Å². The molecule has 2 aromatic heterocycles. The number of sulfone groups is 1. The Morgan fingerprint density at radius 3 is 2.88 bits per heavy atom. The number of rotatable bonds is 4.